The van der Waals surface area contributed by atoms with Crippen LogP contribution in [0.4, 0.5) is 4.39 Å². The summed E-state index contributed by atoms with van der Waals surface area (Å²) in [4.78, 5) is 6.38. The fourth-order valence-corrected chi connectivity index (χ4v) is 2.34. The first-order chi connectivity index (χ1) is 11.0. The van der Waals surface area contributed by atoms with Crippen molar-refractivity contribution in [2.24, 2.45) is 4.99 Å². The first-order valence-corrected chi connectivity index (χ1v) is 7.30. The molecule has 0 saturated carbocycles. The van der Waals surface area contributed by atoms with Crippen LogP contribution in [0.1, 0.15) is 17.2 Å². The van der Waals surface area contributed by atoms with Crippen LogP contribution in [0, 0.1) is 5.82 Å². The van der Waals surface area contributed by atoms with Gasteiger partial charge in [-0.2, -0.15) is 0 Å². The first-order valence-electron chi connectivity index (χ1n) is 7.30. The Balaban J connectivity index is 2.16. The monoisotopic (exact) mass is 316 g/mol. The summed E-state index contributed by atoms with van der Waals surface area (Å²) in [5.74, 6) is 0.206. The van der Waals surface area contributed by atoms with E-state index >= 15 is 0 Å². The van der Waals surface area contributed by atoms with Gasteiger partial charge < -0.3 is 14.7 Å². The Morgan fingerprint density at radius 2 is 2.00 bits per heavy atom. The fraction of sp³-hybridized carbons (Fsp3) is 0.278. The van der Waals surface area contributed by atoms with Crippen molar-refractivity contribution in [3.63, 3.8) is 0 Å². The summed E-state index contributed by atoms with van der Waals surface area (Å²) < 4.78 is 18.5. The topological polar surface area (TPSA) is 45.1 Å². The van der Waals surface area contributed by atoms with Crippen molar-refractivity contribution >= 4 is 6.21 Å². The highest BCUT2D eigenvalue weighted by molar-refractivity contribution is 5.84. The lowest BCUT2D eigenvalue weighted by molar-refractivity contribution is 0.306. The predicted molar refractivity (Wildman–Crippen MR) is 89.9 cm³/mol. The number of para-hydroxylation sites is 1. The maximum absolute atomic E-state index is 13.4. The zero-order chi connectivity index (χ0) is 16.8. The number of rotatable bonds is 6. The first kappa shape index (κ1) is 17.0. The second-order valence-corrected chi connectivity index (χ2v) is 5.43. The number of aliphatic imine (C=N–C) groups is 1. The van der Waals surface area contributed by atoms with E-state index in [0.29, 0.717) is 17.9 Å². The Kier molecular flexibility index (Phi) is 5.71. The summed E-state index contributed by atoms with van der Waals surface area (Å²) in [6, 6.07) is 11.7. The number of nitrogens with zero attached hydrogens (tertiary/aromatic N) is 2. The van der Waals surface area contributed by atoms with Crippen molar-refractivity contribution in [1.29, 1.82) is 0 Å². The number of likely N-dealkylation sites (N-methyl/N-ethyl adjacent to an activating group) is 1. The second kappa shape index (κ2) is 7.74. The standard InChI is InChI=1S/C18H21FN2O2/c1-21(2)16(13-6-4-8-15(19)10-13)12-20-11-14-7-5-9-17(23-3)18(14)22/h4-11,16,22H,12H2,1-3H3/t16-/m1/s1. The SMILES string of the molecule is COc1cccc(C=NC[C@H](c2cccc(F)c2)N(C)C)c1O. The highest BCUT2D eigenvalue weighted by Crippen LogP contribution is 2.28. The molecule has 0 heterocycles. The molecule has 23 heavy (non-hydrogen) atoms. The van der Waals surface area contributed by atoms with Gasteiger partial charge in [0.15, 0.2) is 11.5 Å². The molecule has 4 nitrogen and oxygen atoms in total. The lowest BCUT2D eigenvalue weighted by atomic mass is 10.1. The molecule has 2 rings (SSSR count). The van der Waals surface area contributed by atoms with Crippen LogP contribution < -0.4 is 4.74 Å². The van der Waals surface area contributed by atoms with E-state index in [1.807, 2.05) is 25.1 Å². The minimum Gasteiger partial charge on any atom is -0.504 e. The van der Waals surface area contributed by atoms with E-state index in [0.717, 1.165) is 5.56 Å². The number of halogens is 1. The zero-order valence-corrected chi connectivity index (χ0v) is 13.5. The van der Waals surface area contributed by atoms with Gasteiger partial charge in [-0.25, -0.2) is 4.39 Å². The molecule has 0 unspecified atom stereocenters. The molecule has 0 fully saturated rings. The van der Waals surface area contributed by atoms with E-state index in [9.17, 15) is 9.50 Å². The summed E-state index contributed by atoms with van der Waals surface area (Å²) in [6.07, 6.45) is 1.60. The smallest absolute Gasteiger partial charge is 0.166 e. The Hall–Kier alpha value is -2.40. The van der Waals surface area contributed by atoms with Gasteiger partial charge in [-0.15, -0.1) is 0 Å². The molecule has 0 aliphatic heterocycles. The molecule has 0 aromatic heterocycles. The molecule has 1 atom stereocenters. The number of hydrogen-bond acceptors (Lipinski definition) is 4. The maximum Gasteiger partial charge on any atom is 0.166 e. The average Bonchev–Trinajstić information content (AvgIpc) is 2.52. The summed E-state index contributed by atoms with van der Waals surface area (Å²) in [5, 5.41) is 10.0. The van der Waals surface area contributed by atoms with Crippen LogP contribution in [0.15, 0.2) is 47.5 Å². The molecule has 0 aliphatic carbocycles. The zero-order valence-electron chi connectivity index (χ0n) is 13.5. The number of aromatic hydroxyl groups is 1. The summed E-state index contributed by atoms with van der Waals surface area (Å²) >= 11 is 0. The maximum atomic E-state index is 13.4. The van der Waals surface area contributed by atoms with Gasteiger partial charge in [0, 0.05) is 11.8 Å². The Morgan fingerprint density at radius 3 is 2.65 bits per heavy atom. The molecule has 5 heteroatoms. The quantitative estimate of drug-likeness (QED) is 0.832. The number of benzene rings is 2. The predicted octanol–water partition coefficient (Wildman–Crippen LogP) is 3.26. The van der Waals surface area contributed by atoms with E-state index in [2.05, 4.69) is 4.99 Å². The van der Waals surface area contributed by atoms with Gasteiger partial charge in [0.05, 0.1) is 19.7 Å². The summed E-state index contributed by atoms with van der Waals surface area (Å²) in [6.45, 7) is 0.451. The Bertz CT molecular complexity index is 686. The van der Waals surface area contributed by atoms with Gasteiger partial charge in [-0.05, 0) is 43.9 Å². The molecule has 0 saturated heterocycles. The molecule has 0 aliphatic rings. The number of hydrogen-bond donors (Lipinski definition) is 1. The largest absolute Gasteiger partial charge is 0.504 e. The van der Waals surface area contributed by atoms with Gasteiger partial charge in [0.1, 0.15) is 5.82 Å². The van der Waals surface area contributed by atoms with Crippen molar-refractivity contribution < 1.29 is 14.2 Å². The molecule has 0 bridgehead atoms. The third kappa shape index (κ3) is 4.29. The van der Waals surface area contributed by atoms with Gasteiger partial charge in [-0.1, -0.05) is 18.2 Å². The summed E-state index contributed by atoms with van der Waals surface area (Å²) in [5.41, 5.74) is 1.45. The van der Waals surface area contributed by atoms with Crippen LogP contribution in [-0.4, -0.2) is 44.0 Å². The minimum absolute atomic E-state index is 0.0466. The molecule has 0 spiro atoms. The lowest BCUT2D eigenvalue weighted by Gasteiger charge is -2.23. The minimum atomic E-state index is -0.260. The van der Waals surface area contributed by atoms with Crippen LogP contribution in [0.25, 0.3) is 0 Å². The summed E-state index contributed by atoms with van der Waals surface area (Å²) in [7, 11) is 5.35. The Morgan fingerprint density at radius 1 is 1.26 bits per heavy atom. The van der Waals surface area contributed by atoms with Crippen LogP contribution in [0.2, 0.25) is 0 Å². The van der Waals surface area contributed by atoms with Crippen LogP contribution in [0.5, 0.6) is 11.5 Å². The van der Waals surface area contributed by atoms with Crippen LogP contribution >= 0.6 is 0 Å². The lowest BCUT2D eigenvalue weighted by Crippen LogP contribution is -2.22. The van der Waals surface area contributed by atoms with Gasteiger partial charge in [0.2, 0.25) is 0 Å². The number of phenolic OH excluding ortho intramolecular Hbond substituents is 1. The molecule has 0 amide bonds. The number of methoxy groups -OCH3 is 1. The van der Waals surface area contributed by atoms with E-state index in [-0.39, 0.29) is 17.6 Å². The highest BCUT2D eigenvalue weighted by Gasteiger charge is 2.14. The molecule has 2 aromatic rings. The normalized spacial score (nSPS) is 12.7. The van der Waals surface area contributed by atoms with E-state index in [4.69, 9.17) is 4.74 Å². The second-order valence-electron chi connectivity index (χ2n) is 5.43. The van der Waals surface area contributed by atoms with Gasteiger partial charge in [0.25, 0.3) is 0 Å². The fourth-order valence-electron chi connectivity index (χ4n) is 2.34. The van der Waals surface area contributed by atoms with Gasteiger partial charge in [-0.3, -0.25) is 4.99 Å². The average molecular weight is 316 g/mol. The molecular formula is C18H21FN2O2. The molecule has 2 aromatic carbocycles. The molecular weight excluding hydrogens is 295 g/mol. The van der Waals surface area contributed by atoms with Crippen molar-refractivity contribution in [2.45, 2.75) is 6.04 Å². The number of phenols is 1. The van der Waals surface area contributed by atoms with Crippen LogP contribution in [0.3, 0.4) is 0 Å². The van der Waals surface area contributed by atoms with Crippen molar-refractivity contribution in [1.82, 2.24) is 4.90 Å². The van der Waals surface area contributed by atoms with E-state index < -0.39 is 0 Å². The third-order valence-electron chi connectivity index (χ3n) is 3.62. The number of ether oxygens (including phenoxy) is 1. The van der Waals surface area contributed by atoms with E-state index in [1.54, 1.807) is 30.5 Å². The molecule has 0 radical (unpaired) electrons. The van der Waals surface area contributed by atoms with Crippen molar-refractivity contribution in [3.8, 4) is 11.5 Å². The highest BCUT2D eigenvalue weighted by atomic mass is 19.1. The van der Waals surface area contributed by atoms with Gasteiger partial charge >= 0.3 is 0 Å². The Labute approximate surface area is 135 Å². The third-order valence-corrected chi connectivity index (χ3v) is 3.62. The molecule has 122 valence electrons. The van der Waals surface area contributed by atoms with Crippen molar-refractivity contribution in [2.75, 3.05) is 27.7 Å². The van der Waals surface area contributed by atoms with E-state index in [1.165, 1.54) is 19.2 Å². The molecule has 1 N–H and O–H groups in total. The van der Waals surface area contributed by atoms with Crippen LogP contribution in [-0.2, 0) is 0 Å². The van der Waals surface area contributed by atoms with Crippen molar-refractivity contribution in [3.05, 3.63) is 59.4 Å².